The van der Waals surface area contributed by atoms with Crippen molar-refractivity contribution < 1.29 is 0 Å². The smallest absolute Gasteiger partial charge is 0.180 e. The van der Waals surface area contributed by atoms with E-state index in [1.54, 1.807) is 16.4 Å². The van der Waals surface area contributed by atoms with Crippen LogP contribution in [0.5, 0.6) is 0 Å². The van der Waals surface area contributed by atoms with E-state index in [0.717, 1.165) is 5.75 Å². The second-order valence-electron chi connectivity index (χ2n) is 2.80. The Kier molecular flexibility index (Phi) is 2.74. The summed E-state index contributed by atoms with van der Waals surface area (Å²) in [4.78, 5) is 6.35. The molecule has 14 heavy (non-hydrogen) atoms. The minimum Gasteiger partial charge on any atom is -0.375 e. The highest BCUT2D eigenvalue weighted by atomic mass is 32.2. The minimum atomic E-state index is 0.631. The van der Waals surface area contributed by atoms with E-state index < -0.39 is 0 Å². The number of nitrogen functional groups attached to an aromatic ring is 1. The van der Waals surface area contributed by atoms with Crippen molar-refractivity contribution in [3.8, 4) is 0 Å². The van der Waals surface area contributed by atoms with Crippen LogP contribution in [0.15, 0.2) is 23.5 Å². The first-order chi connectivity index (χ1) is 6.74. The van der Waals surface area contributed by atoms with Crippen molar-refractivity contribution in [1.29, 1.82) is 0 Å². The lowest BCUT2D eigenvalue weighted by atomic mass is 10.6. The van der Waals surface area contributed by atoms with Crippen molar-refractivity contribution in [1.82, 2.24) is 14.8 Å². The molecule has 2 rings (SSSR count). The fraction of sp³-hybridized carbons (Fsp3) is 0.250. The predicted octanol–water partition coefficient (Wildman–Crippen LogP) is 1.75. The number of thioether (sulfide) groups is 1. The molecule has 0 aliphatic rings. The maximum absolute atomic E-state index is 5.53. The van der Waals surface area contributed by atoms with Crippen molar-refractivity contribution in [3.05, 3.63) is 23.5 Å². The van der Waals surface area contributed by atoms with Crippen molar-refractivity contribution in [2.45, 2.75) is 10.6 Å². The van der Waals surface area contributed by atoms with E-state index in [1.807, 2.05) is 25.6 Å². The average Bonchev–Trinajstić information content (AvgIpc) is 2.72. The normalized spacial score (nSPS) is 10.6. The molecule has 0 aliphatic carbocycles. The van der Waals surface area contributed by atoms with E-state index in [4.69, 9.17) is 5.73 Å². The van der Waals surface area contributed by atoms with Crippen LogP contribution in [-0.2, 0) is 12.8 Å². The summed E-state index contributed by atoms with van der Waals surface area (Å²) in [6, 6.07) is 0. The predicted molar refractivity (Wildman–Crippen MR) is 59.3 cm³/mol. The number of rotatable bonds is 3. The number of hydrogen-bond donors (Lipinski definition) is 1. The molecule has 6 heteroatoms. The van der Waals surface area contributed by atoms with Crippen LogP contribution in [0.4, 0.5) is 5.13 Å². The summed E-state index contributed by atoms with van der Waals surface area (Å²) in [6.45, 7) is 0. The number of aryl methyl sites for hydroxylation is 1. The largest absolute Gasteiger partial charge is 0.375 e. The number of aromatic nitrogens is 3. The molecule has 2 aromatic heterocycles. The minimum absolute atomic E-state index is 0.631. The van der Waals surface area contributed by atoms with Gasteiger partial charge in [0.05, 0.1) is 6.20 Å². The monoisotopic (exact) mass is 226 g/mol. The SMILES string of the molecule is Cn1cc(SCc2cnc(N)s2)cn1. The van der Waals surface area contributed by atoms with E-state index in [-0.39, 0.29) is 0 Å². The summed E-state index contributed by atoms with van der Waals surface area (Å²) in [6.07, 6.45) is 5.67. The van der Waals surface area contributed by atoms with Gasteiger partial charge in [-0.05, 0) is 0 Å². The van der Waals surface area contributed by atoms with Gasteiger partial charge in [-0.3, -0.25) is 4.68 Å². The zero-order valence-electron chi connectivity index (χ0n) is 7.67. The van der Waals surface area contributed by atoms with Gasteiger partial charge in [0.2, 0.25) is 0 Å². The number of nitrogens with zero attached hydrogens (tertiary/aromatic N) is 3. The number of hydrogen-bond acceptors (Lipinski definition) is 5. The summed E-state index contributed by atoms with van der Waals surface area (Å²) < 4.78 is 1.80. The summed E-state index contributed by atoms with van der Waals surface area (Å²) >= 11 is 3.27. The third-order valence-electron chi connectivity index (χ3n) is 1.63. The third kappa shape index (κ3) is 2.27. The molecule has 0 unspecified atom stereocenters. The van der Waals surface area contributed by atoms with Gasteiger partial charge in [-0.25, -0.2) is 4.98 Å². The Bertz CT molecular complexity index is 380. The first-order valence-corrected chi connectivity index (χ1v) is 5.86. The zero-order chi connectivity index (χ0) is 9.97. The topological polar surface area (TPSA) is 56.7 Å². The van der Waals surface area contributed by atoms with Gasteiger partial charge in [0, 0.05) is 35.0 Å². The van der Waals surface area contributed by atoms with Gasteiger partial charge in [-0.15, -0.1) is 23.1 Å². The maximum atomic E-state index is 5.53. The van der Waals surface area contributed by atoms with E-state index in [9.17, 15) is 0 Å². The molecule has 2 N–H and O–H groups in total. The Morgan fingerprint density at radius 3 is 3.00 bits per heavy atom. The van der Waals surface area contributed by atoms with Crippen molar-refractivity contribution in [3.63, 3.8) is 0 Å². The van der Waals surface area contributed by atoms with Crippen LogP contribution < -0.4 is 5.73 Å². The molecule has 0 bridgehead atoms. The second-order valence-corrected chi connectivity index (χ2v) is 5.00. The summed E-state index contributed by atoms with van der Waals surface area (Å²) in [5.41, 5.74) is 5.53. The van der Waals surface area contributed by atoms with Crippen LogP contribution in [0, 0.1) is 0 Å². The highest BCUT2D eigenvalue weighted by Gasteiger charge is 2.01. The quantitative estimate of drug-likeness (QED) is 0.810. The summed E-state index contributed by atoms with van der Waals surface area (Å²) in [5.74, 6) is 0.903. The molecule has 4 nitrogen and oxygen atoms in total. The molecule has 0 aromatic carbocycles. The average molecular weight is 226 g/mol. The van der Waals surface area contributed by atoms with E-state index >= 15 is 0 Å². The second kappa shape index (κ2) is 4.02. The van der Waals surface area contributed by atoms with E-state index in [2.05, 4.69) is 10.1 Å². The van der Waals surface area contributed by atoms with Gasteiger partial charge >= 0.3 is 0 Å². The van der Waals surface area contributed by atoms with Crippen LogP contribution in [0.2, 0.25) is 0 Å². The molecule has 0 fully saturated rings. The zero-order valence-corrected chi connectivity index (χ0v) is 9.31. The van der Waals surface area contributed by atoms with Crippen LogP contribution in [0.1, 0.15) is 4.88 Å². The van der Waals surface area contributed by atoms with Gasteiger partial charge in [0.1, 0.15) is 0 Å². The molecule has 0 saturated carbocycles. The Morgan fingerprint density at radius 2 is 2.43 bits per heavy atom. The number of anilines is 1. The molecule has 0 spiro atoms. The van der Waals surface area contributed by atoms with Gasteiger partial charge < -0.3 is 5.73 Å². The number of nitrogens with two attached hydrogens (primary N) is 1. The lowest BCUT2D eigenvalue weighted by molar-refractivity contribution is 0.766. The third-order valence-corrected chi connectivity index (χ3v) is 3.64. The van der Waals surface area contributed by atoms with Crippen LogP contribution in [0.25, 0.3) is 0 Å². The fourth-order valence-electron chi connectivity index (χ4n) is 1.02. The summed E-state index contributed by atoms with van der Waals surface area (Å²) in [5, 5.41) is 4.72. The van der Waals surface area contributed by atoms with Crippen LogP contribution in [-0.4, -0.2) is 14.8 Å². The lowest BCUT2D eigenvalue weighted by Gasteiger charge is -1.92. The molecule has 0 radical (unpaired) electrons. The fourth-order valence-corrected chi connectivity index (χ4v) is 2.64. The highest BCUT2D eigenvalue weighted by molar-refractivity contribution is 7.98. The first kappa shape index (κ1) is 9.54. The highest BCUT2D eigenvalue weighted by Crippen LogP contribution is 2.25. The van der Waals surface area contributed by atoms with Gasteiger partial charge in [-0.1, -0.05) is 0 Å². The van der Waals surface area contributed by atoms with Gasteiger partial charge in [0.25, 0.3) is 0 Å². The van der Waals surface area contributed by atoms with Crippen molar-refractivity contribution in [2.75, 3.05) is 5.73 Å². The molecule has 74 valence electrons. The molecule has 2 heterocycles. The first-order valence-electron chi connectivity index (χ1n) is 4.05. The standard InChI is InChI=1S/C8H10N4S2/c1-12-4-6(3-11-12)13-5-7-2-10-8(9)14-7/h2-4H,5H2,1H3,(H2,9,10). The van der Waals surface area contributed by atoms with Gasteiger partial charge in [-0.2, -0.15) is 5.10 Å². The van der Waals surface area contributed by atoms with Gasteiger partial charge in [0.15, 0.2) is 5.13 Å². The molecule has 0 saturated heterocycles. The Hall–Kier alpha value is -1.01. The molecule has 0 aliphatic heterocycles. The molecular weight excluding hydrogens is 216 g/mol. The van der Waals surface area contributed by atoms with E-state index in [0.29, 0.717) is 5.13 Å². The Morgan fingerprint density at radius 1 is 1.57 bits per heavy atom. The molecule has 0 atom stereocenters. The van der Waals surface area contributed by atoms with Crippen LogP contribution >= 0.6 is 23.1 Å². The van der Waals surface area contributed by atoms with E-state index in [1.165, 1.54) is 21.1 Å². The van der Waals surface area contributed by atoms with Crippen LogP contribution in [0.3, 0.4) is 0 Å². The lowest BCUT2D eigenvalue weighted by Crippen LogP contribution is -1.83. The van der Waals surface area contributed by atoms with Crippen molar-refractivity contribution in [2.24, 2.45) is 7.05 Å². The molecular formula is C8H10N4S2. The number of thiazole rings is 1. The van der Waals surface area contributed by atoms with Crippen molar-refractivity contribution >= 4 is 28.2 Å². The molecule has 2 aromatic rings. The Balaban J connectivity index is 1.94. The maximum Gasteiger partial charge on any atom is 0.180 e. The molecule has 0 amide bonds. The Labute approximate surface area is 90.1 Å². The summed E-state index contributed by atoms with van der Waals surface area (Å²) in [7, 11) is 1.91.